The van der Waals surface area contributed by atoms with Crippen LogP contribution in [0.3, 0.4) is 0 Å². The fourth-order valence-electron chi connectivity index (χ4n) is 4.23. The summed E-state index contributed by atoms with van der Waals surface area (Å²) in [4.78, 5) is 23.4. The number of pyridine rings is 1. The van der Waals surface area contributed by atoms with E-state index in [9.17, 15) is 4.79 Å². The highest BCUT2D eigenvalue weighted by molar-refractivity contribution is 6.32. The lowest BCUT2D eigenvalue weighted by atomic mass is 9.98. The first-order valence-corrected chi connectivity index (χ1v) is 11.2. The number of nitrogens with zero attached hydrogens (tertiary/aromatic N) is 4. The topological polar surface area (TPSA) is 51.7 Å². The summed E-state index contributed by atoms with van der Waals surface area (Å²) in [6.45, 7) is 8.68. The van der Waals surface area contributed by atoms with Gasteiger partial charge >= 0.3 is 6.03 Å². The first-order chi connectivity index (χ1) is 14.6. The van der Waals surface area contributed by atoms with Gasteiger partial charge in [0.1, 0.15) is 0 Å². The van der Waals surface area contributed by atoms with Gasteiger partial charge in [-0.25, -0.2) is 9.78 Å². The number of halogens is 1. The van der Waals surface area contributed by atoms with E-state index in [2.05, 4.69) is 51.3 Å². The predicted molar refractivity (Wildman–Crippen MR) is 122 cm³/mol. The SMILES string of the molecule is CC1CCN(c2ccccc2CN2CCN(C(=O)Nc3cccnc3Cl)CC2)CC1. The maximum Gasteiger partial charge on any atom is 0.322 e. The molecule has 0 bridgehead atoms. The summed E-state index contributed by atoms with van der Waals surface area (Å²) in [5, 5.41) is 3.18. The maximum absolute atomic E-state index is 12.6. The van der Waals surface area contributed by atoms with Crippen LogP contribution in [0.4, 0.5) is 16.2 Å². The van der Waals surface area contributed by atoms with Crippen LogP contribution in [-0.4, -0.2) is 60.1 Å². The number of urea groups is 1. The normalized spacial score (nSPS) is 18.5. The molecule has 2 aliphatic heterocycles. The summed E-state index contributed by atoms with van der Waals surface area (Å²) in [7, 11) is 0. The molecule has 2 amide bonds. The zero-order chi connectivity index (χ0) is 20.9. The van der Waals surface area contributed by atoms with Crippen molar-refractivity contribution in [2.75, 3.05) is 49.5 Å². The third kappa shape index (κ3) is 5.05. The third-order valence-electron chi connectivity index (χ3n) is 6.17. The molecule has 3 heterocycles. The molecule has 160 valence electrons. The molecule has 0 atom stereocenters. The zero-order valence-corrected chi connectivity index (χ0v) is 18.3. The van der Waals surface area contributed by atoms with E-state index in [1.54, 1.807) is 18.3 Å². The lowest BCUT2D eigenvalue weighted by molar-refractivity contribution is 0.143. The van der Waals surface area contributed by atoms with E-state index in [1.165, 1.54) is 24.1 Å². The molecule has 2 fully saturated rings. The second-order valence-electron chi connectivity index (χ2n) is 8.33. The van der Waals surface area contributed by atoms with E-state index in [4.69, 9.17) is 11.6 Å². The molecule has 1 aromatic heterocycles. The summed E-state index contributed by atoms with van der Waals surface area (Å²) in [5.74, 6) is 0.828. The fraction of sp³-hybridized carbons (Fsp3) is 0.478. The molecule has 2 saturated heterocycles. The number of carbonyl (C=O) groups excluding carboxylic acids is 1. The molecule has 7 heteroatoms. The minimum absolute atomic E-state index is 0.118. The van der Waals surface area contributed by atoms with Crippen molar-refractivity contribution < 1.29 is 4.79 Å². The summed E-state index contributed by atoms with van der Waals surface area (Å²) >= 11 is 6.05. The van der Waals surface area contributed by atoms with Gasteiger partial charge in [0.15, 0.2) is 5.15 Å². The molecule has 2 aromatic rings. The number of rotatable bonds is 4. The zero-order valence-electron chi connectivity index (χ0n) is 17.6. The van der Waals surface area contributed by atoms with Crippen LogP contribution in [0.25, 0.3) is 0 Å². The van der Waals surface area contributed by atoms with Crippen LogP contribution in [0.2, 0.25) is 5.15 Å². The molecule has 30 heavy (non-hydrogen) atoms. The van der Waals surface area contributed by atoms with Gasteiger partial charge in [-0.3, -0.25) is 4.90 Å². The fourth-order valence-corrected chi connectivity index (χ4v) is 4.39. The summed E-state index contributed by atoms with van der Waals surface area (Å²) in [6.07, 6.45) is 4.14. The van der Waals surface area contributed by atoms with Crippen LogP contribution in [0.1, 0.15) is 25.3 Å². The van der Waals surface area contributed by atoms with Gasteiger partial charge in [0.25, 0.3) is 0 Å². The van der Waals surface area contributed by atoms with Crippen molar-refractivity contribution in [3.63, 3.8) is 0 Å². The van der Waals surface area contributed by atoms with Crippen molar-refractivity contribution in [3.05, 3.63) is 53.3 Å². The number of piperidine rings is 1. The number of aromatic nitrogens is 1. The van der Waals surface area contributed by atoms with Crippen molar-refractivity contribution in [1.82, 2.24) is 14.8 Å². The average molecular weight is 428 g/mol. The van der Waals surface area contributed by atoms with Gasteiger partial charge in [-0.1, -0.05) is 36.7 Å². The quantitative estimate of drug-likeness (QED) is 0.738. The Labute approximate surface area is 183 Å². The van der Waals surface area contributed by atoms with E-state index in [-0.39, 0.29) is 6.03 Å². The summed E-state index contributed by atoms with van der Waals surface area (Å²) in [5.41, 5.74) is 3.30. The molecule has 0 spiro atoms. The number of piperazine rings is 1. The Kier molecular flexibility index (Phi) is 6.75. The van der Waals surface area contributed by atoms with E-state index in [0.29, 0.717) is 23.9 Å². The Hall–Kier alpha value is -2.31. The number of amides is 2. The van der Waals surface area contributed by atoms with Crippen LogP contribution in [0, 0.1) is 5.92 Å². The van der Waals surface area contributed by atoms with Gasteiger partial charge in [-0.15, -0.1) is 0 Å². The second-order valence-corrected chi connectivity index (χ2v) is 8.69. The van der Waals surface area contributed by atoms with Crippen molar-refractivity contribution >= 4 is 29.0 Å². The molecule has 1 aromatic carbocycles. The second kappa shape index (κ2) is 9.67. The van der Waals surface area contributed by atoms with E-state index in [1.807, 2.05) is 4.90 Å². The number of hydrogen-bond acceptors (Lipinski definition) is 4. The smallest absolute Gasteiger partial charge is 0.322 e. The Bertz CT molecular complexity index is 860. The number of anilines is 2. The van der Waals surface area contributed by atoms with Gasteiger partial charge in [0.2, 0.25) is 0 Å². The molecular formula is C23H30ClN5O. The summed E-state index contributed by atoms with van der Waals surface area (Å²) in [6, 6.07) is 12.2. The minimum atomic E-state index is -0.118. The Morgan fingerprint density at radius 1 is 1.07 bits per heavy atom. The van der Waals surface area contributed by atoms with Crippen molar-refractivity contribution in [3.8, 4) is 0 Å². The molecule has 4 rings (SSSR count). The number of benzene rings is 1. The van der Waals surface area contributed by atoms with Crippen LogP contribution in [-0.2, 0) is 6.54 Å². The van der Waals surface area contributed by atoms with Crippen molar-refractivity contribution in [2.24, 2.45) is 5.92 Å². The molecule has 2 aliphatic rings. The van der Waals surface area contributed by atoms with Gasteiger partial charge < -0.3 is 15.1 Å². The van der Waals surface area contributed by atoms with Gasteiger partial charge in [-0.05, 0) is 42.5 Å². The highest BCUT2D eigenvalue weighted by Crippen LogP contribution is 2.27. The monoisotopic (exact) mass is 427 g/mol. The molecule has 0 aliphatic carbocycles. The lowest BCUT2D eigenvalue weighted by Gasteiger charge is -2.37. The Morgan fingerprint density at radius 2 is 1.80 bits per heavy atom. The highest BCUT2D eigenvalue weighted by atomic mass is 35.5. The van der Waals surface area contributed by atoms with Crippen LogP contribution >= 0.6 is 11.6 Å². The largest absolute Gasteiger partial charge is 0.371 e. The highest BCUT2D eigenvalue weighted by Gasteiger charge is 2.23. The molecule has 0 unspecified atom stereocenters. The number of para-hydroxylation sites is 1. The van der Waals surface area contributed by atoms with Crippen LogP contribution < -0.4 is 10.2 Å². The van der Waals surface area contributed by atoms with Crippen molar-refractivity contribution in [1.29, 1.82) is 0 Å². The number of carbonyl (C=O) groups is 1. The molecule has 6 nitrogen and oxygen atoms in total. The molecule has 0 radical (unpaired) electrons. The predicted octanol–water partition coefficient (Wildman–Crippen LogP) is 4.32. The molecule has 0 saturated carbocycles. The average Bonchev–Trinajstić information content (AvgIpc) is 2.77. The van der Waals surface area contributed by atoms with Gasteiger partial charge in [0, 0.05) is 57.7 Å². The van der Waals surface area contributed by atoms with Gasteiger partial charge in [-0.2, -0.15) is 0 Å². The Morgan fingerprint density at radius 3 is 2.53 bits per heavy atom. The van der Waals surface area contributed by atoms with Gasteiger partial charge in [0.05, 0.1) is 5.69 Å². The van der Waals surface area contributed by atoms with Crippen LogP contribution in [0.5, 0.6) is 0 Å². The summed E-state index contributed by atoms with van der Waals surface area (Å²) < 4.78 is 0. The van der Waals surface area contributed by atoms with E-state index in [0.717, 1.165) is 38.6 Å². The van der Waals surface area contributed by atoms with Crippen LogP contribution in [0.15, 0.2) is 42.6 Å². The number of nitrogens with one attached hydrogen (secondary N) is 1. The van der Waals surface area contributed by atoms with Crippen molar-refractivity contribution in [2.45, 2.75) is 26.3 Å². The first kappa shape index (κ1) is 20.9. The van der Waals surface area contributed by atoms with E-state index >= 15 is 0 Å². The molecule has 1 N–H and O–H groups in total. The standard InChI is InChI=1S/C23H30ClN5O/c1-18-8-11-28(12-9-18)21-7-3-2-5-19(21)17-27-13-15-29(16-14-27)23(30)26-20-6-4-10-25-22(20)24/h2-7,10,18H,8-9,11-17H2,1H3,(H,26,30). The lowest BCUT2D eigenvalue weighted by Crippen LogP contribution is -2.49. The maximum atomic E-state index is 12.6. The van der Waals surface area contributed by atoms with E-state index < -0.39 is 0 Å². The minimum Gasteiger partial charge on any atom is -0.371 e. The Balaban J connectivity index is 1.32. The molecular weight excluding hydrogens is 398 g/mol. The first-order valence-electron chi connectivity index (χ1n) is 10.8. The third-order valence-corrected chi connectivity index (χ3v) is 6.47. The number of hydrogen-bond donors (Lipinski definition) is 1.